The normalized spacial score (nSPS) is 17.3. The molecule has 0 saturated carbocycles. The number of nitrogens with one attached hydrogen (secondary N) is 1. The van der Waals surface area contributed by atoms with Gasteiger partial charge >= 0.3 is 0 Å². The Morgan fingerprint density at radius 1 is 1.32 bits per heavy atom. The van der Waals surface area contributed by atoms with E-state index >= 15 is 0 Å². The molecule has 0 aliphatic carbocycles. The van der Waals surface area contributed by atoms with Gasteiger partial charge in [0.05, 0.1) is 18.2 Å². The Balaban J connectivity index is 1.44. The summed E-state index contributed by atoms with van der Waals surface area (Å²) in [6, 6.07) is 10.4. The molecule has 1 N–H and O–H groups in total. The van der Waals surface area contributed by atoms with Gasteiger partial charge in [0.1, 0.15) is 0 Å². The molecule has 1 atom stereocenters. The fourth-order valence-electron chi connectivity index (χ4n) is 3.39. The van der Waals surface area contributed by atoms with Crippen LogP contribution >= 0.6 is 11.3 Å². The number of ether oxygens (including phenoxy) is 1. The molecule has 6 heteroatoms. The third-order valence-electron chi connectivity index (χ3n) is 4.92. The number of benzene rings is 1. The van der Waals surface area contributed by atoms with Crippen LogP contribution in [0.25, 0.3) is 0 Å². The van der Waals surface area contributed by atoms with E-state index in [4.69, 9.17) is 9.73 Å². The van der Waals surface area contributed by atoms with E-state index in [1.165, 1.54) is 15.4 Å². The minimum Gasteiger partial charge on any atom is -0.376 e. The molecule has 0 bridgehead atoms. The summed E-state index contributed by atoms with van der Waals surface area (Å²) in [7, 11) is 0. The van der Waals surface area contributed by atoms with Crippen LogP contribution in [0.5, 0.6) is 0 Å². The number of likely N-dealkylation sites (tertiary alicyclic amines) is 1. The van der Waals surface area contributed by atoms with E-state index in [-0.39, 0.29) is 0 Å². The molecule has 1 unspecified atom stereocenters. The predicted molar refractivity (Wildman–Crippen MR) is 117 cm³/mol. The quantitative estimate of drug-likeness (QED) is 0.514. The molecule has 0 spiro atoms. The van der Waals surface area contributed by atoms with E-state index in [9.17, 15) is 0 Å². The first-order valence-electron chi connectivity index (χ1n) is 10.4. The van der Waals surface area contributed by atoms with E-state index in [1.807, 2.05) is 12.3 Å². The van der Waals surface area contributed by atoms with Crippen molar-refractivity contribution in [1.29, 1.82) is 0 Å². The largest absolute Gasteiger partial charge is 0.376 e. The van der Waals surface area contributed by atoms with Crippen LogP contribution in [0.4, 0.5) is 0 Å². The van der Waals surface area contributed by atoms with Crippen molar-refractivity contribution in [1.82, 2.24) is 15.2 Å². The van der Waals surface area contributed by atoms with Crippen LogP contribution in [0.15, 0.2) is 41.5 Å². The number of aryl methyl sites for hydroxylation is 1. The van der Waals surface area contributed by atoms with Crippen LogP contribution in [-0.2, 0) is 24.2 Å². The van der Waals surface area contributed by atoms with Crippen LogP contribution in [0, 0.1) is 5.92 Å². The second-order valence-corrected chi connectivity index (χ2v) is 8.36. The van der Waals surface area contributed by atoms with Gasteiger partial charge in [0.15, 0.2) is 5.96 Å². The Labute approximate surface area is 172 Å². The van der Waals surface area contributed by atoms with Gasteiger partial charge in [-0.1, -0.05) is 37.3 Å². The third-order valence-corrected chi connectivity index (χ3v) is 6.12. The lowest BCUT2D eigenvalue weighted by molar-refractivity contribution is 0.0907. The molecule has 2 heterocycles. The van der Waals surface area contributed by atoms with Crippen LogP contribution in [0.2, 0.25) is 0 Å². The fraction of sp³-hybridized carbons (Fsp3) is 0.545. The Hall–Kier alpha value is -1.92. The van der Waals surface area contributed by atoms with Crippen molar-refractivity contribution < 1.29 is 4.74 Å². The number of hydrogen-bond acceptors (Lipinski definition) is 4. The minimum atomic E-state index is 0.568. The fourth-order valence-corrected chi connectivity index (χ4v) is 4.24. The van der Waals surface area contributed by atoms with Crippen molar-refractivity contribution in [2.24, 2.45) is 10.9 Å². The first kappa shape index (κ1) is 20.8. The predicted octanol–water partition coefficient (Wildman–Crippen LogP) is 3.75. The van der Waals surface area contributed by atoms with E-state index in [0.29, 0.717) is 12.5 Å². The van der Waals surface area contributed by atoms with E-state index in [0.717, 1.165) is 58.0 Å². The minimum absolute atomic E-state index is 0.568. The Morgan fingerprint density at radius 3 is 2.93 bits per heavy atom. The zero-order valence-electron chi connectivity index (χ0n) is 17.1. The van der Waals surface area contributed by atoms with Crippen LogP contribution in [0.1, 0.15) is 35.7 Å². The molecule has 2 aromatic rings. The Kier molecular flexibility index (Phi) is 8.30. The summed E-state index contributed by atoms with van der Waals surface area (Å²) in [5.74, 6) is 1.60. The number of aliphatic imine (C=N–C) groups is 1. The van der Waals surface area contributed by atoms with E-state index < -0.39 is 0 Å². The van der Waals surface area contributed by atoms with Crippen LogP contribution < -0.4 is 5.32 Å². The summed E-state index contributed by atoms with van der Waals surface area (Å²) in [6.45, 7) is 9.53. The topological polar surface area (TPSA) is 49.8 Å². The first-order valence-corrected chi connectivity index (χ1v) is 11.2. The van der Waals surface area contributed by atoms with Crippen molar-refractivity contribution in [2.75, 3.05) is 32.8 Å². The van der Waals surface area contributed by atoms with Gasteiger partial charge in [-0.05, 0) is 25.3 Å². The molecule has 1 aliphatic rings. The maximum atomic E-state index is 5.95. The van der Waals surface area contributed by atoms with Gasteiger partial charge in [-0.2, -0.15) is 0 Å². The molecule has 5 nitrogen and oxygen atoms in total. The van der Waals surface area contributed by atoms with Gasteiger partial charge in [0.2, 0.25) is 0 Å². The van der Waals surface area contributed by atoms with Crippen molar-refractivity contribution in [3.63, 3.8) is 0 Å². The summed E-state index contributed by atoms with van der Waals surface area (Å²) in [5, 5.41) is 4.63. The van der Waals surface area contributed by atoms with E-state index in [2.05, 4.69) is 53.3 Å². The van der Waals surface area contributed by atoms with Crippen LogP contribution in [0.3, 0.4) is 0 Å². The maximum absolute atomic E-state index is 5.95. The second-order valence-electron chi connectivity index (χ2n) is 7.16. The van der Waals surface area contributed by atoms with E-state index in [1.54, 1.807) is 11.3 Å². The number of nitrogens with zero attached hydrogens (tertiary/aromatic N) is 3. The molecule has 1 fully saturated rings. The molecule has 152 valence electrons. The zero-order valence-corrected chi connectivity index (χ0v) is 17.9. The smallest absolute Gasteiger partial charge is 0.193 e. The van der Waals surface area contributed by atoms with Gasteiger partial charge < -0.3 is 15.0 Å². The molecule has 0 radical (unpaired) electrons. The molecule has 1 aliphatic heterocycles. The van der Waals surface area contributed by atoms with Crippen molar-refractivity contribution in [3.05, 3.63) is 52.0 Å². The second kappa shape index (κ2) is 11.2. The summed E-state index contributed by atoms with van der Waals surface area (Å²) in [4.78, 5) is 13.1. The molecule has 0 amide bonds. The highest BCUT2D eigenvalue weighted by Crippen LogP contribution is 2.18. The lowest BCUT2D eigenvalue weighted by Gasteiger charge is -2.21. The van der Waals surface area contributed by atoms with Crippen molar-refractivity contribution >= 4 is 17.3 Å². The highest BCUT2D eigenvalue weighted by molar-refractivity contribution is 7.11. The lowest BCUT2D eigenvalue weighted by atomic mass is 10.1. The molecular weight excluding hydrogens is 368 g/mol. The number of guanidine groups is 1. The molecular formula is C22H32N4OS. The van der Waals surface area contributed by atoms with Gasteiger partial charge in [-0.15, -0.1) is 11.3 Å². The summed E-state index contributed by atoms with van der Waals surface area (Å²) >= 11 is 1.81. The average molecular weight is 401 g/mol. The first-order chi connectivity index (χ1) is 13.8. The van der Waals surface area contributed by atoms with Crippen molar-refractivity contribution in [3.8, 4) is 0 Å². The summed E-state index contributed by atoms with van der Waals surface area (Å²) < 4.78 is 5.95. The summed E-state index contributed by atoms with van der Waals surface area (Å²) in [6.07, 6.45) is 5.13. The lowest BCUT2D eigenvalue weighted by Crippen LogP contribution is -2.40. The van der Waals surface area contributed by atoms with Gasteiger partial charge in [0, 0.05) is 49.6 Å². The average Bonchev–Trinajstić information content (AvgIpc) is 3.38. The zero-order chi connectivity index (χ0) is 19.6. The standard InChI is InChI=1S/C22H32N4OS/c1-3-20-14-25-21(28-20)10-12-24-22(23-4-2)26-13-11-19(15-26)17-27-16-18-8-6-5-7-9-18/h5-9,14,19H,3-4,10-13,15-17H2,1-2H3,(H,23,24). The summed E-state index contributed by atoms with van der Waals surface area (Å²) in [5.41, 5.74) is 1.24. The highest BCUT2D eigenvalue weighted by Gasteiger charge is 2.25. The molecule has 1 saturated heterocycles. The highest BCUT2D eigenvalue weighted by atomic mass is 32.1. The van der Waals surface area contributed by atoms with Gasteiger partial charge in [0.25, 0.3) is 0 Å². The molecule has 1 aromatic carbocycles. The van der Waals surface area contributed by atoms with Gasteiger partial charge in [-0.25, -0.2) is 4.98 Å². The molecule has 1 aromatic heterocycles. The maximum Gasteiger partial charge on any atom is 0.193 e. The SMILES string of the molecule is CCNC(=NCCc1ncc(CC)s1)N1CCC(COCc2ccccc2)C1. The van der Waals surface area contributed by atoms with Gasteiger partial charge in [-0.3, -0.25) is 4.99 Å². The Bertz CT molecular complexity index is 731. The number of thiazole rings is 1. The number of hydrogen-bond donors (Lipinski definition) is 1. The molecule has 3 rings (SSSR count). The third kappa shape index (κ3) is 6.31. The van der Waals surface area contributed by atoms with Crippen LogP contribution in [-0.4, -0.2) is 48.6 Å². The number of rotatable bonds is 9. The monoisotopic (exact) mass is 400 g/mol. The molecule has 28 heavy (non-hydrogen) atoms. The Morgan fingerprint density at radius 2 is 2.18 bits per heavy atom. The van der Waals surface area contributed by atoms with Crippen molar-refractivity contribution in [2.45, 2.75) is 39.7 Å². The number of aromatic nitrogens is 1.